The Morgan fingerprint density at radius 1 is 1.67 bits per heavy atom. The van der Waals surface area contributed by atoms with Crippen LogP contribution >= 0.6 is 11.6 Å². The number of alkyl halides is 1. The van der Waals surface area contributed by atoms with Gasteiger partial charge in [-0.15, -0.1) is 11.6 Å². The summed E-state index contributed by atoms with van der Waals surface area (Å²) in [6.07, 6.45) is 0.703. The van der Waals surface area contributed by atoms with Gasteiger partial charge in [0.15, 0.2) is 0 Å². The Bertz CT molecular complexity index is 84.3. The van der Waals surface area contributed by atoms with E-state index in [0.717, 1.165) is 0 Å². The molecule has 0 atom stereocenters. The predicted octanol–water partition coefficient (Wildman–Crippen LogP) is 0.717. The van der Waals surface area contributed by atoms with Crippen LogP contribution in [-0.4, -0.2) is 30.2 Å². The van der Waals surface area contributed by atoms with E-state index >= 15 is 0 Å². The van der Waals surface area contributed by atoms with Crippen LogP contribution in [0.2, 0.25) is 0 Å². The van der Waals surface area contributed by atoms with E-state index in [4.69, 9.17) is 16.7 Å². The molecule has 0 aromatic heterocycles. The highest BCUT2D eigenvalue weighted by atomic mass is 35.5. The molecular weight excluding hydrogens is 144 g/mol. The third kappa shape index (κ3) is 7.72. The van der Waals surface area contributed by atoms with Gasteiger partial charge in [-0.3, -0.25) is 0 Å². The van der Waals surface area contributed by atoms with Crippen LogP contribution < -0.4 is 0 Å². The number of halogens is 1. The van der Waals surface area contributed by atoms with Crippen LogP contribution in [0.1, 0.15) is 6.42 Å². The zero-order valence-corrected chi connectivity index (χ0v) is 5.73. The molecule has 0 radical (unpaired) electrons. The van der Waals surface area contributed by atoms with Gasteiger partial charge in [0.05, 0.1) is 0 Å². The number of aliphatic carboxylic acids is 1. The second kappa shape index (κ2) is 5.85. The summed E-state index contributed by atoms with van der Waals surface area (Å²) in [5.41, 5.74) is 0. The molecule has 9 heavy (non-hydrogen) atoms. The van der Waals surface area contributed by atoms with Crippen LogP contribution in [0.3, 0.4) is 0 Å². The molecule has 54 valence electrons. The zero-order chi connectivity index (χ0) is 7.11. The highest BCUT2D eigenvalue weighted by Crippen LogP contribution is 1.85. The van der Waals surface area contributed by atoms with Crippen LogP contribution in [0, 0.1) is 0 Å². The Labute approximate surface area is 58.6 Å². The number of ether oxygens (including phenoxy) is 1. The minimum atomic E-state index is -0.940. The summed E-state index contributed by atoms with van der Waals surface area (Å²) in [7, 11) is 0. The van der Waals surface area contributed by atoms with Gasteiger partial charge < -0.3 is 9.84 Å². The van der Waals surface area contributed by atoms with E-state index in [1.54, 1.807) is 0 Å². The molecule has 0 amide bonds. The number of hydrogen-bond acceptors (Lipinski definition) is 2. The minimum absolute atomic E-state index is 0.225. The first-order valence-corrected chi connectivity index (χ1v) is 3.16. The SMILES string of the molecule is O=C(O)COCCCCl. The quantitative estimate of drug-likeness (QED) is 0.467. The Kier molecular flexibility index (Phi) is 5.67. The van der Waals surface area contributed by atoms with Gasteiger partial charge >= 0.3 is 5.97 Å². The number of carboxylic acid groups (broad SMARTS) is 1. The van der Waals surface area contributed by atoms with Crippen LogP contribution in [0.15, 0.2) is 0 Å². The average Bonchev–Trinajstić information content (AvgIpc) is 1.80. The largest absolute Gasteiger partial charge is 0.480 e. The Morgan fingerprint density at radius 2 is 2.33 bits per heavy atom. The van der Waals surface area contributed by atoms with Crippen molar-refractivity contribution in [2.24, 2.45) is 0 Å². The van der Waals surface area contributed by atoms with Crippen molar-refractivity contribution in [3.63, 3.8) is 0 Å². The molecule has 0 bridgehead atoms. The van der Waals surface area contributed by atoms with Crippen LogP contribution in [-0.2, 0) is 9.53 Å². The molecule has 0 aliphatic rings. The van der Waals surface area contributed by atoms with Gasteiger partial charge in [-0.2, -0.15) is 0 Å². The van der Waals surface area contributed by atoms with Crippen molar-refractivity contribution in [2.75, 3.05) is 19.1 Å². The molecule has 0 saturated carbocycles. The van der Waals surface area contributed by atoms with E-state index in [1.807, 2.05) is 0 Å². The lowest BCUT2D eigenvalue weighted by Crippen LogP contribution is -2.07. The molecule has 0 aliphatic carbocycles. The summed E-state index contributed by atoms with van der Waals surface area (Å²) in [5, 5.41) is 8.05. The lowest BCUT2D eigenvalue weighted by molar-refractivity contribution is -0.142. The van der Waals surface area contributed by atoms with Gasteiger partial charge in [0.2, 0.25) is 0 Å². The molecule has 0 unspecified atom stereocenters. The van der Waals surface area contributed by atoms with Crippen molar-refractivity contribution in [3.8, 4) is 0 Å². The van der Waals surface area contributed by atoms with E-state index in [2.05, 4.69) is 4.74 Å². The zero-order valence-electron chi connectivity index (χ0n) is 4.97. The van der Waals surface area contributed by atoms with E-state index in [0.29, 0.717) is 18.9 Å². The lowest BCUT2D eigenvalue weighted by atomic mass is 10.5. The van der Waals surface area contributed by atoms with E-state index < -0.39 is 5.97 Å². The third-order valence-corrected chi connectivity index (χ3v) is 0.915. The fourth-order valence-corrected chi connectivity index (χ4v) is 0.425. The minimum Gasteiger partial charge on any atom is -0.480 e. The molecule has 0 spiro atoms. The van der Waals surface area contributed by atoms with Crippen LogP contribution in [0.25, 0.3) is 0 Å². The molecule has 1 N–H and O–H groups in total. The molecule has 0 aromatic rings. The molecule has 3 nitrogen and oxygen atoms in total. The Morgan fingerprint density at radius 3 is 2.78 bits per heavy atom. The normalized spacial score (nSPS) is 9.44. The first-order valence-electron chi connectivity index (χ1n) is 2.63. The monoisotopic (exact) mass is 152 g/mol. The molecule has 0 fully saturated rings. The third-order valence-electron chi connectivity index (χ3n) is 0.648. The second-order valence-electron chi connectivity index (χ2n) is 1.49. The second-order valence-corrected chi connectivity index (χ2v) is 1.87. The average molecular weight is 153 g/mol. The van der Waals surface area contributed by atoms with Crippen molar-refractivity contribution in [3.05, 3.63) is 0 Å². The maximum absolute atomic E-state index is 9.80. The van der Waals surface area contributed by atoms with E-state index in [1.165, 1.54) is 0 Å². The molecule has 0 aromatic carbocycles. The van der Waals surface area contributed by atoms with Crippen LogP contribution in [0.5, 0.6) is 0 Å². The molecular formula is C5H9ClO3. The molecule has 0 rings (SSSR count). The molecule has 0 aliphatic heterocycles. The fourth-order valence-electron chi connectivity index (χ4n) is 0.316. The first kappa shape index (κ1) is 8.72. The van der Waals surface area contributed by atoms with Crippen LogP contribution in [0.4, 0.5) is 0 Å². The summed E-state index contributed by atoms with van der Waals surface area (Å²) in [6, 6.07) is 0. The number of carboxylic acids is 1. The number of rotatable bonds is 5. The fraction of sp³-hybridized carbons (Fsp3) is 0.800. The standard InChI is InChI=1S/C5H9ClO3/c6-2-1-3-9-4-5(7)8/h1-4H2,(H,7,8). The number of hydrogen-bond donors (Lipinski definition) is 1. The molecule has 0 heterocycles. The topological polar surface area (TPSA) is 46.5 Å². The predicted molar refractivity (Wildman–Crippen MR) is 33.8 cm³/mol. The summed E-state index contributed by atoms with van der Waals surface area (Å²) in [6.45, 7) is 0.201. The van der Waals surface area contributed by atoms with Gasteiger partial charge in [-0.25, -0.2) is 4.79 Å². The van der Waals surface area contributed by atoms with Crippen molar-refractivity contribution >= 4 is 17.6 Å². The van der Waals surface area contributed by atoms with E-state index in [9.17, 15) is 4.79 Å². The van der Waals surface area contributed by atoms with E-state index in [-0.39, 0.29) is 6.61 Å². The highest BCUT2D eigenvalue weighted by molar-refractivity contribution is 6.17. The van der Waals surface area contributed by atoms with Crippen molar-refractivity contribution in [1.82, 2.24) is 0 Å². The maximum Gasteiger partial charge on any atom is 0.329 e. The van der Waals surface area contributed by atoms with Crippen molar-refractivity contribution in [2.45, 2.75) is 6.42 Å². The Hall–Kier alpha value is -0.280. The van der Waals surface area contributed by atoms with Gasteiger partial charge in [0, 0.05) is 12.5 Å². The van der Waals surface area contributed by atoms with Gasteiger partial charge in [0.1, 0.15) is 6.61 Å². The molecule has 4 heteroatoms. The van der Waals surface area contributed by atoms with Gasteiger partial charge in [-0.1, -0.05) is 0 Å². The Balaban J connectivity index is 2.83. The van der Waals surface area contributed by atoms with Gasteiger partial charge in [0.25, 0.3) is 0 Å². The summed E-state index contributed by atoms with van der Waals surface area (Å²) < 4.78 is 4.65. The smallest absolute Gasteiger partial charge is 0.329 e. The summed E-state index contributed by atoms with van der Waals surface area (Å²) in [5.74, 6) is -0.427. The van der Waals surface area contributed by atoms with Gasteiger partial charge in [-0.05, 0) is 6.42 Å². The lowest BCUT2D eigenvalue weighted by Gasteiger charge is -1.95. The highest BCUT2D eigenvalue weighted by Gasteiger charge is 1.93. The molecule has 0 saturated heterocycles. The van der Waals surface area contributed by atoms with Crippen molar-refractivity contribution < 1.29 is 14.6 Å². The maximum atomic E-state index is 9.80. The van der Waals surface area contributed by atoms with Crippen molar-refractivity contribution in [1.29, 1.82) is 0 Å². The first-order chi connectivity index (χ1) is 4.27. The summed E-state index contributed by atoms with van der Waals surface area (Å²) in [4.78, 5) is 9.80. The summed E-state index contributed by atoms with van der Waals surface area (Å²) >= 11 is 5.29. The number of carbonyl (C=O) groups is 1.